The maximum atomic E-state index is 11.1. The Morgan fingerprint density at radius 2 is 1.78 bits per heavy atom. The number of likely N-dealkylation sites (tertiary alicyclic amines) is 1. The van der Waals surface area contributed by atoms with Crippen molar-refractivity contribution in [3.05, 3.63) is 22.8 Å². The summed E-state index contributed by atoms with van der Waals surface area (Å²) in [6.07, 6.45) is 0.795. The number of hydrogen-bond donors (Lipinski definition) is 2. The van der Waals surface area contributed by atoms with Crippen molar-refractivity contribution >= 4 is 5.91 Å². The van der Waals surface area contributed by atoms with Gasteiger partial charge in [-0.25, -0.2) is 0 Å². The molecule has 4 heteroatoms. The standard InChI is InChI=1S/C14H19NO3/c1-8-12(9(2)14(18)5-13(8)17)4-11-6-15(7-11)10(3)16/h5,11,17-18H,4,6-7H2,1-3H3. The van der Waals surface area contributed by atoms with E-state index in [2.05, 4.69) is 0 Å². The third-order valence-corrected chi connectivity index (χ3v) is 3.84. The molecular formula is C14H19NO3. The molecule has 1 fully saturated rings. The van der Waals surface area contributed by atoms with Crippen LogP contribution in [0.3, 0.4) is 0 Å². The first-order valence-corrected chi connectivity index (χ1v) is 6.16. The third-order valence-electron chi connectivity index (χ3n) is 3.84. The van der Waals surface area contributed by atoms with E-state index in [0.29, 0.717) is 5.92 Å². The Balaban J connectivity index is 2.14. The van der Waals surface area contributed by atoms with Gasteiger partial charge in [-0.3, -0.25) is 4.79 Å². The average molecular weight is 249 g/mol. The first-order valence-electron chi connectivity index (χ1n) is 6.16. The van der Waals surface area contributed by atoms with E-state index in [4.69, 9.17) is 0 Å². The summed E-state index contributed by atoms with van der Waals surface area (Å²) in [5.41, 5.74) is 2.65. The molecule has 0 saturated carbocycles. The summed E-state index contributed by atoms with van der Waals surface area (Å²) in [5.74, 6) is 0.803. The van der Waals surface area contributed by atoms with Crippen LogP contribution in [0.25, 0.3) is 0 Å². The molecule has 1 saturated heterocycles. The van der Waals surface area contributed by atoms with Crippen molar-refractivity contribution in [2.45, 2.75) is 27.2 Å². The third kappa shape index (κ3) is 2.15. The number of aromatic hydroxyl groups is 2. The summed E-state index contributed by atoms with van der Waals surface area (Å²) in [6.45, 7) is 6.83. The van der Waals surface area contributed by atoms with Crippen LogP contribution in [0.2, 0.25) is 0 Å². The molecule has 0 radical (unpaired) electrons. The van der Waals surface area contributed by atoms with Gasteiger partial charge in [-0.2, -0.15) is 0 Å². The van der Waals surface area contributed by atoms with Crippen molar-refractivity contribution in [2.24, 2.45) is 5.92 Å². The van der Waals surface area contributed by atoms with Crippen LogP contribution in [0.1, 0.15) is 23.6 Å². The number of amides is 1. The first-order chi connectivity index (χ1) is 8.40. The fourth-order valence-corrected chi connectivity index (χ4v) is 2.49. The van der Waals surface area contributed by atoms with E-state index in [1.165, 1.54) is 6.07 Å². The predicted octanol–water partition coefficient (Wildman–Crippen LogP) is 1.74. The molecule has 2 N–H and O–H groups in total. The summed E-state index contributed by atoms with van der Waals surface area (Å²) in [5, 5.41) is 19.4. The lowest BCUT2D eigenvalue weighted by molar-refractivity contribution is -0.134. The normalized spacial score (nSPS) is 15.6. The van der Waals surface area contributed by atoms with Crippen LogP contribution < -0.4 is 0 Å². The Bertz CT molecular complexity index is 464. The second kappa shape index (κ2) is 4.52. The number of hydrogen-bond acceptors (Lipinski definition) is 3. The van der Waals surface area contributed by atoms with Crippen LogP contribution in [-0.2, 0) is 11.2 Å². The van der Waals surface area contributed by atoms with Crippen molar-refractivity contribution in [2.75, 3.05) is 13.1 Å². The molecule has 1 aromatic carbocycles. The average Bonchev–Trinajstić information content (AvgIpc) is 2.23. The predicted molar refractivity (Wildman–Crippen MR) is 68.7 cm³/mol. The second-order valence-corrected chi connectivity index (χ2v) is 5.14. The lowest BCUT2D eigenvalue weighted by Crippen LogP contribution is -2.49. The summed E-state index contributed by atoms with van der Waals surface area (Å²) >= 11 is 0. The van der Waals surface area contributed by atoms with Crippen molar-refractivity contribution in [1.82, 2.24) is 4.90 Å². The van der Waals surface area contributed by atoms with Crippen LogP contribution in [0.5, 0.6) is 11.5 Å². The van der Waals surface area contributed by atoms with Gasteiger partial charge in [-0.15, -0.1) is 0 Å². The van der Waals surface area contributed by atoms with Gasteiger partial charge < -0.3 is 15.1 Å². The SMILES string of the molecule is CC(=O)N1CC(Cc2c(C)c(O)cc(O)c2C)C1. The lowest BCUT2D eigenvalue weighted by Gasteiger charge is -2.39. The monoisotopic (exact) mass is 249 g/mol. The van der Waals surface area contributed by atoms with E-state index in [1.807, 2.05) is 13.8 Å². The zero-order valence-corrected chi connectivity index (χ0v) is 11.0. The number of nitrogens with zero attached hydrogens (tertiary/aromatic N) is 1. The van der Waals surface area contributed by atoms with Gasteiger partial charge in [0.2, 0.25) is 5.91 Å². The van der Waals surface area contributed by atoms with Crippen LogP contribution in [-0.4, -0.2) is 34.1 Å². The number of phenols is 2. The largest absolute Gasteiger partial charge is 0.508 e. The lowest BCUT2D eigenvalue weighted by atomic mass is 9.87. The minimum Gasteiger partial charge on any atom is -0.508 e. The summed E-state index contributed by atoms with van der Waals surface area (Å²) in [7, 11) is 0. The quantitative estimate of drug-likeness (QED) is 0.839. The van der Waals surface area contributed by atoms with Crippen molar-refractivity contribution in [3.8, 4) is 11.5 Å². The van der Waals surface area contributed by atoms with Gasteiger partial charge >= 0.3 is 0 Å². The maximum absolute atomic E-state index is 11.1. The molecule has 2 rings (SSSR count). The number of rotatable bonds is 2. The van der Waals surface area contributed by atoms with E-state index < -0.39 is 0 Å². The number of carbonyl (C=O) groups excluding carboxylic acids is 1. The second-order valence-electron chi connectivity index (χ2n) is 5.14. The molecular weight excluding hydrogens is 230 g/mol. The summed E-state index contributed by atoms with van der Waals surface area (Å²) < 4.78 is 0. The Kier molecular flexibility index (Phi) is 3.20. The van der Waals surface area contributed by atoms with E-state index in [9.17, 15) is 15.0 Å². The van der Waals surface area contributed by atoms with Crippen LogP contribution >= 0.6 is 0 Å². The Morgan fingerprint density at radius 1 is 1.28 bits per heavy atom. The van der Waals surface area contributed by atoms with Gasteiger partial charge in [0.25, 0.3) is 0 Å². The molecule has 0 bridgehead atoms. The summed E-state index contributed by atoms with van der Waals surface area (Å²) in [4.78, 5) is 12.9. The minimum atomic E-state index is 0.110. The number of carbonyl (C=O) groups is 1. The van der Waals surface area contributed by atoms with E-state index in [0.717, 1.165) is 36.2 Å². The van der Waals surface area contributed by atoms with Gasteiger partial charge in [0.1, 0.15) is 11.5 Å². The molecule has 0 atom stereocenters. The highest BCUT2D eigenvalue weighted by atomic mass is 16.3. The van der Waals surface area contributed by atoms with Crippen molar-refractivity contribution < 1.29 is 15.0 Å². The Morgan fingerprint density at radius 3 is 2.22 bits per heavy atom. The van der Waals surface area contributed by atoms with E-state index >= 15 is 0 Å². The van der Waals surface area contributed by atoms with Crippen LogP contribution in [0.15, 0.2) is 6.07 Å². The van der Waals surface area contributed by atoms with Gasteiger partial charge in [-0.1, -0.05) is 0 Å². The van der Waals surface area contributed by atoms with Crippen molar-refractivity contribution in [1.29, 1.82) is 0 Å². The molecule has 0 unspecified atom stereocenters. The molecule has 1 aromatic rings. The molecule has 1 aliphatic heterocycles. The first kappa shape index (κ1) is 12.7. The molecule has 1 amide bonds. The van der Waals surface area contributed by atoms with Crippen LogP contribution in [0.4, 0.5) is 0 Å². The maximum Gasteiger partial charge on any atom is 0.219 e. The van der Waals surface area contributed by atoms with Gasteiger partial charge in [0.05, 0.1) is 0 Å². The number of phenolic OH excluding ortho intramolecular Hbond substituents is 2. The molecule has 1 heterocycles. The molecule has 18 heavy (non-hydrogen) atoms. The van der Waals surface area contributed by atoms with E-state index in [-0.39, 0.29) is 17.4 Å². The Hall–Kier alpha value is -1.71. The topological polar surface area (TPSA) is 60.8 Å². The molecule has 0 aromatic heterocycles. The molecule has 0 aliphatic carbocycles. The minimum absolute atomic E-state index is 0.110. The zero-order valence-electron chi connectivity index (χ0n) is 11.0. The fourth-order valence-electron chi connectivity index (χ4n) is 2.49. The summed E-state index contributed by atoms with van der Waals surface area (Å²) in [6, 6.07) is 1.39. The molecule has 0 spiro atoms. The molecule has 4 nitrogen and oxygen atoms in total. The number of benzene rings is 1. The van der Waals surface area contributed by atoms with Crippen LogP contribution in [0, 0.1) is 19.8 Å². The highest BCUT2D eigenvalue weighted by molar-refractivity contribution is 5.74. The highest BCUT2D eigenvalue weighted by Gasteiger charge is 2.29. The van der Waals surface area contributed by atoms with Gasteiger partial charge in [-0.05, 0) is 42.9 Å². The Labute approximate surface area is 107 Å². The fraction of sp³-hybridized carbons (Fsp3) is 0.500. The van der Waals surface area contributed by atoms with Gasteiger partial charge in [0.15, 0.2) is 0 Å². The van der Waals surface area contributed by atoms with E-state index in [1.54, 1.807) is 11.8 Å². The van der Waals surface area contributed by atoms with Crippen molar-refractivity contribution in [3.63, 3.8) is 0 Å². The van der Waals surface area contributed by atoms with Gasteiger partial charge in [0, 0.05) is 26.1 Å². The molecule has 1 aliphatic rings. The zero-order chi connectivity index (χ0) is 13.4. The highest BCUT2D eigenvalue weighted by Crippen LogP contribution is 2.34. The smallest absolute Gasteiger partial charge is 0.219 e. The molecule has 98 valence electrons.